The highest BCUT2D eigenvalue weighted by molar-refractivity contribution is 6.29. The van der Waals surface area contributed by atoms with E-state index in [1.807, 2.05) is 0 Å². The molecule has 0 aromatic carbocycles. The summed E-state index contributed by atoms with van der Waals surface area (Å²) in [5.41, 5.74) is 0.346. The van der Waals surface area contributed by atoms with Crippen molar-refractivity contribution in [1.82, 2.24) is 4.98 Å². The second kappa shape index (κ2) is 4.96. The molecule has 1 amide bonds. The summed E-state index contributed by atoms with van der Waals surface area (Å²) in [4.78, 5) is 15.7. The number of carbonyl (C=O) groups excluding carboxylic acids is 1. The molecule has 6 heteroatoms. The lowest BCUT2D eigenvalue weighted by molar-refractivity contribution is 0.0635. The summed E-state index contributed by atoms with van der Waals surface area (Å²) >= 11 is 5.67. The number of carbonyl (C=O) groups is 1. The van der Waals surface area contributed by atoms with E-state index in [9.17, 15) is 9.18 Å². The lowest BCUT2D eigenvalue weighted by Crippen LogP contribution is -2.27. The lowest BCUT2D eigenvalue weighted by Gasteiger charge is -2.20. The van der Waals surface area contributed by atoms with Crippen LogP contribution in [0.3, 0.4) is 0 Å². The molecule has 1 aliphatic rings. The van der Waals surface area contributed by atoms with Crippen LogP contribution in [-0.2, 0) is 4.74 Å². The second-order valence-corrected chi connectivity index (χ2v) is 5.95. The molecule has 2 rings (SSSR count). The van der Waals surface area contributed by atoms with E-state index in [4.69, 9.17) is 16.3 Å². The maximum absolute atomic E-state index is 13.4. The summed E-state index contributed by atoms with van der Waals surface area (Å²) in [7, 11) is 0. The van der Waals surface area contributed by atoms with Gasteiger partial charge in [-0.1, -0.05) is 11.6 Å². The Kier molecular flexibility index (Phi) is 3.67. The van der Waals surface area contributed by atoms with Crippen molar-refractivity contribution in [3.8, 4) is 0 Å². The number of hydrogen-bond donors (Lipinski definition) is 1. The van der Waals surface area contributed by atoms with Crippen LogP contribution in [0.15, 0.2) is 6.07 Å². The number of hydrogen-bond acceptors (Lipinski definition) is 3. The summed E-state index contributed by atoms with van der Waals surface area (Å²) in [6.45, 7) is 5.28. The number of ether oxygens (including phenoxy) is 1. The number of amides is 1. The van der Waals surface area contributed by atoms with Crippen LogP contribution >= 0.6 is 11.6 Å². The van der Waals surface area contributed by atoms with Crippen LogP contribution in [-0.4, -0.2) is 16.7 Å². The van der Waals surface area contributed by atoms with Crippen LogP contribution in [0, 0.1) is 5.82 Å². The van der Waals surface area contributed by atoms with Gasteiger partial charge in [-0.05, 0) is 33.6 Å². The minimum atomic E-state index is -0.655. The van der Waals surface area contributed by atoms with Gasteiger partial charge in [0.25, 0.3) is 0 Å². The maximum Gasteiger partial charge on any atom is 0.412 e. The largest absolute Gasteiger partial charge is 0.444 e. The number of nitrogens with zero attached hydrogens (tertiary/aromatic N) is 1. The van der Waals surface area contributed by atoms with E-state index in [0.29, 0.717) is 11.4 Å². The van der Waals surface area contributed by atoms with Crippen LogP contribution in [0.5, 0.6) is 0 Å². The minimum absolute atomic E-state index is 0.170. The topological polar surface area (TPSA) is 51.2 Å². The molecule has 4 nitrogen and oxygen atoms in total. The molecule has 1 aromatic rings. The van der Waals surface area contributed by atoms with Crippen LogP contribution < -0.4 is 5.32 Å². The fraction of sp³-hybridized carbons (Fsp3) is 0.538. The summed E-state index contributed by atoms with van der Waals surface area (Å²) in [5, 5.41) is 2.36. The molecule has 19 heavy (non-hydrogen) atoms. The predicted octanol–water partition coefficient (Wildman–Crippen LogP) is 4.10. The Morgan fingerprint density at radius 3 is 2.68 bits per heavy atom. The Labute approximate surface area is 116 Å². The Morgan fingerprint density at radius 1 is 1.53 bits per heavy atom. The number of halogens is 2. The molecule has 0 atom stereocenters. The third-order valence-corrected chi connectivity index (χ3v) is 2.83. The number of anilines is 1. The average molecular weight is 287 g/mol. The van der Waals surface area contributed by atoms with E-state index in [-0.39, 0.29) is 11.1 Å². The van der Waals surface area contributed by atoms with Gasteiger partial charge in [-0.15, -0.1) is 0 Å². The van der Waals surface area contributed by atoms with Crippen molar-refractivity contribution in [2.24, 2.45) is 0 Å². The Bertz CT molecular complexity index is 510. The minimum Gasteiger partial charge on any atom is -0.444 e. The fourth-order valence-corrected chi connectivity index (χ4v) is 1.81. The van der Waals surface area contributed by atoms with Crippen molar-refractivity contribution in [3.05, 3.63) is 22.7 Å². The predicted molar refractivity (Wildman–Crippen MR) is 71.0 cm³/mol. The third kappa shape index (κ3) is 3.80. The quantitative estimate of drug-likeness (QED) is 0.833. The van der Waals surface area contributed by atoms with E-state index in [0.717, 1.165) is 12.8 Å². The molecule has 1 fully saturated rings. The molecule has 0 aliphatic heterocycles. The smallest absolute Gasteiger partial charge is 0.412 e. The van der Waals surface area contributed by atoms with Crippen LogP contribution in [0.4, 0.5) is 14.9 Å². The monoisotopic (exact) mass is 286 g/mol. The van der Waals surface area contributed by atoms with Crippen molar-refractivity contribution < 1.29 is 13.9 Å². The molecule has 104 valence electrons. The van der Waals surface area contributed by atoms with Crippen LogP contribution in [0.2, 0.25) is 5.15 Å². The van der Waals surface area contributed by atoms with Gasteiger partial charge in [0.05, 0.1) is 11.4 Å². The van der Waals surface area contributed by atoms with Gasteiger partial charge in [-0.3, -0.25) is 5.32 Å². The van der Waals surface area contributed by atoms with Crippen molar-refractivity contribution >= 4 is 23.4 Å². The zero-order valence-corrected chi connectivity index (χ0v) is 11.8. The van der Waals surface area contributed by atoms with Gasteiger partial charge in [0.2, 0.25) is 0 Å². The molecular weight excluding hydrogens is 271 g/mol. The maximum atomic E-state index is 13.4. The molecule has 1 aromatic heterocycles. The van der Waals surface area contributed by atoms with Crippen LogP contribution in [0.25, 0.3) is 0 Å². The number of rotatable bonds is 2. The Hall–Kier alpha value is -1.36. The molecule has 1 saturated carbocycles. The highest BCUT2D eigenvalue weighted by Gasteiger charge is 2.30. The van der Waals surface area contributed by atoms with E-state index in [2.05, 4.69) is 10.3 Å². The van der Waals surface area contributed by atoms with Crippen molar-refractivity contribution in [1.29, 1.82) is 0 Å². The molecule has 1 heterocycles. The first-order valence-corrected chi connectivity index (χ1v) is 6.50. The highest BCUT2D eigenvalue weighted by atomic mass is 35.5. The molecule has 1 aliphatic carbocycles. The van der Waals surface area contributed by atoms with Crippen molar-refractivity contribution in [2.45, 2.75) is 45.1 Å². The lowest BCUT2D eigenvalue weighted by atomic mass is 10.2. The zero-order chi connectivity index (χ0) is 14.2. The second-order valence-electron chi connectivity index (χ2n) is 5.59. The van der Waals surface area contributed by atoms with E-state index < -0.39 is 17.5 Å². The summed E-state index contributed by atoms with van der Waals surface area (Å²) < 4.78 is 18.6. The van der Waals surface area contributed by atoms with Gasteiger partial charge in [0.1, 0.15) is 5.60 Å². The summed E-state index contributed by atoms with van der Waals surface area (Å²) in [5.74, 6) is -0.417. The average Bonchev–Trinajstić information content (AvgIpc) is 3.03. The molecular formula is C13H16ClFN2O2. The molecule has 0 radical (unpaired) electrons. The van der Waals surface area contributed by atoms with Gasteiger partial charge in [0, 0.05) is 12.0 Å². The first kappa shape index (κ1) is 14.1. The molecule has 0 unspecified atom stereocenters. The van der Waals surface area contributed by atoms with Crippen LogP contribution in [0.1, 0.15) is 45.2 Å². The number of aromatic nitrogens is 1. The number of nitrogens with one attached hydrogen (secondary N) is 1. The first-order chi connectivity index (χ1) is 8.76. The third-order valence-electron chi connectivity index (χ3n) is 2.56. The van der Waals surface area contributed by atoms with E-state index in [1.54, 1.807) is 20.8 Å². The number of pyridine rings is 1. The molecule has 1 N–H and O–H groups in total. The SMILES string of the molecule is CC(C)(C)OC(=O)Nc1cc(F)c(Cl)nc1C1CC1. The first-order valence-electron chi connectivity index (χ1n) is 6.12. The Morgan fingerprint density at radius 2 is 2.16 bits per heavy atom. The zero-order valence-electron chi connectivity index (χ0n) is 11.1. The highest BCUT2D eigenvalue weighted by Crippen LogP contribution is 2.43. The van der Waals surface area contributed by atoms with Gasteiger partial charge in [0.15, 0.2) is 11.0 Å². The van der Waals surface area contributed by atoms with Gasteiger partial charge in [-0.2, -0.15) is 0 Å². The van der Waals surface area contributed by atoms with Crippen molar-refractivity contribution in [2.75, 3.05) is 5.32 Å². The van der Waals surface area contributed by atoms with E-state index in [1.165, 1.54) is 6.07 Å². The normalized spacial score (nSPS) is 15.2. The van der Waals surface area contributed by atoms with Gasteiger partial charge >= 0.3 is 6.09 Å². The Balaban J connectivity index is 2.19. The summed E-state index contributed by atoms with van der Waals surface area (Å²) in [6, 6.07) is 1.19. The fourth-order valence-electron chi connectivity index (χ4n) is 1.66. The van der Waals surface area contributed by atoms with Crippen molar-refractivity contribution in [3.63, 3.8) is 0 Å². The standard InChI is InChI=1S/C13H16ClFN2O2/c1-13(2,3)19-12(18)16-9-6-8(15)11(14)17-10(9)7-4-5-7/h6-7H,4-5H2,1-3H3,(H,16,18). The van der Waals surface area contributed by atoms with Gasteiger partial charge in [-0.25, -0.2) is 14.2 Å². The molecule has 0 spiro atoms. The molecule has 0 saturated heterocycles. The van der Waals surface area contributed by atoms with Gasteiger partial charge < -0.3 is 4.74 Å². The molecule has 0 bridgehead atoms. The summed E-state index contributed by atoms with van der Waals surface area (Å²) in [6.07, 6.45) is 1.31. The van der Waals surface area contributed by atoms with E-state index >= 15 is 0 Å².